The van der Waals surface area contributed by atoms with E-state index in [9.17, 15) is 14.4 Å². The Morgan fingerprint density at radius 3 is 2.66 bits per heavy atom. The van der Waals surface area contributed by atoms with E-state index in [1.165, 1.54) is 29.3 Å². The first-order chi connectivity index (χ1) is 16.9. The summed E-state index contributed by atoms with van der Waals surface area (Å²) in [6, 6.07) is 7.64. The van der Waals surface area contributed by atoms with Crippen molar-refractivity contribution in [2.45, 2.75) is 44.7 Å². The summed E-state index contributed by atoms with van der Waals surface area (Å²) in [5.41, 5.74) is -0.0413. The van der Waals surface area contributed by atoms with Crippen LogP contribution in [0.25, 0.3) is 21.0 Å². The lowest BCUT2D eigenvalue weighted by atomic mass is 10.1. The van der Waals surface area contributed by atoms with Gasteiger partial charge in [-0.25, -0.2) is 9.78 Å². The van der Waals surface area contributed by atoms with E-state index in [4.69, 9.17) is 13.9 Å². The maximum atomic E-state index is 13.9. The molecule has 1 aliphatic carbocycles. The van der Waals surface area contributed by atoms with Crippen molar-refractivity contribution in [2.75, 3.05) is 14.2 Å². The van der Waals surface area contributed by atoms with Crippen LogP contribution in [0.4, 0.5) is 0 Å². The van der Waals surface area contributed by atoms with Gasteiger partial charge in [-0.1, -0.05) is 18.2 Å². The molecule has 0 radical (unpaired) electrons. The third kappa shape index (κ3) is 3.87. The van der Waals surface area contributed by atoms with Crippen LogP contribution in [-0.2, 0) is 28.0 Å². The highest BCUT2D eigenvalue weighted by atomic mass is 32.1. The second-order valence-electron chi connectivity index (χ2n) is 8.69. The topological polar surface area (TPSA) is 106 Å². The highest BCUT2D eigenvalue weighted by molar-refractivity contribution is 7.22. The summed E-state index contributed by atoms with van der Waals surface area (Å²) in [6.45, 7) is 2.16. The third-order valence-electron chi connectivity index (χ3n) is 6.64. The Hall–Kier alpha value is -3.66. The van der Waals surface area contributed by atoms with Gasteiger partial charge >= 0.3 is 11.7 Å². The molecule has 0 aliphatic heterocycles. The maximum Gasteiger partial charge on any atom is 0.332 e. The monoisotopic (exact) mass is 495 g/mol. The SMILES string of the molecule is COC(=O)CC1(n2c(=O)c3c(C)c(-c4ncco4)sc3n(CCc3ccccc3OC)c2=O)CC1. The molecule has 0 saturated heterocycles. The second-order valence-corrected chi connectivity index (χ2v) is 9.69. The first kappa shape index (κ1) is 23.1. The van der Waals surface area contributed by atoms with Crippen LogP contribution in [-0.4, -0.2) is 34.3 Å². The molecule has 35 heavy (non-hydrogen) atoms. The summed E-state index contributed by atoms with van der Waals surface area (Å²) in [7, 11) is 2.92. The van der Waals surface area contributed by atoms with Gasteiger partial charge in [0.05, 0.1) is 42.6 Å². The van der Waals surface area contributed by atoms with E-state index in [1.54, 1.807) is 17.9 Å². The molecule has 0 atom stereocenters. The molecular weight excluding hydrogens is 470 g/mol. The number of para-hydroxylation sites is 1. The van der Waals surface area contributed by atoms with Gasteiger partial charge in [-0.3, -0.25) is 18.7 Å². The van der Waals surface area contributed by atoms with Crippen molar-refractivity contribution in [1.29, 1.82) is 0 Å². The van der Waals surface area contributed by atoms with Gasteiger partial charge < -0.3 is 13.9 Å². The Kier molecular flexibility index (Phi) is 5.84. The number of nitrogens with zero attached hydrogens (tertiary/aromatic N) is 3. The molecule has 0 bridgehead atoms. The Morgan fingerprint density at radius 1 is 1.23 bits per heavy atom. The van der Waals surface area contributed by atoms with Gasteiger partial charge in [0.1, 0.15) is 16.8 Å². The number of aromatic nitrogens is 3. The van der Waals surface area contributed by atoms with E-state index in [-0.39, 0.29) is 6.42 Å². The van der Waals surface area contributed by atoms with Crippen molar-refractivity contribution in [2.24, 2.45) is 0 Å². The zero-order valence-corrected chi connectivity index (χ0v) is 20.5. The number of carbonyl (C=O) groups excluding carboxylic acids is 1. The molecule has 10 heteroatoms. The minimum Gasteiger partial charge on any atom is -0.496 e. The van der Waals surface area contributed by atoms with Crippen LogP contribution < -0.4 is 16.0 Å². The fourth-order valence-electron chi connectivity index (χ4n) is 4.61. The highest BCUT2D eigenvalue weighted by Crippen LogP contribution is 2.46. The number of hydrogen-bond donors (Lipinski definition) is 0. The zero-order valence-electron chi connectivity index (χ0n) is 19.7. The third-order valence-corrected chi connectivity index (χ3v) is 7.94. The van der Waals surface area contributed by atoms with Crippen molar-refractivity contribution < 1.29 is 18.7 Å². The number of carbonyl (C=O) groups is 1. The number of thiophene rings is 1. The molecular formula is C25H25N3O6S. The molecule has 0 spiro atoms. The standard InChI is InChI=1S/C25H25N3O6S/c1-15-19-22(30)28(25(9-10-25)14-18(29)33-3)24(31)27(12-8-16-6-4-5-7-17(16)32-2)23(19)35-20(15)21-26-11-13-34-21/h4-7,11,13H,8-10,12,14H2,1-3H3. The normalized spacial score (nSPS) is 14.3. The van der Waals surface area contributed by atoms with Gasteiger partial charge in [0.25, 0.3) is 5.56 Å². The summed E-state index contributed by atoms with van der Waals surface area (Å²) in [5, 5.41) is 0.443. The van der Waals surface area contributed by atoms with Crippen LogP contribution in [0.5, 0.6) is 5.75 Å². The van der Waals surface area contributed by atoms with Crippen molar-refractivity contribution >= 4 is 27.5 Å². The predicted octanol–water partition coefficient (Wildman–Crippen LogP) is 3.49. The van der Waals surface area contributed by atoms with Crippen LogP contribution >= 0.6 is 11.3 Å². The largest absolute Gasteiger partial charge is 0.496 e. The van der Waals surface area contributed by atoms with Crippen LogP contribution in [0, 0.1) is 6.92 Å². The molecule has 5 rings (SSSR count). The fraction of sp³-hybridized carbons (Fsp3) is 0.360. The van der Waals surface area contributed by atoms with Gasteiger partial charge in [-0.05, 0) is 43.4 Å². The number of fused-ring (bicyclic) bond motifs is 1. The Morgan fingerprint density at radius 2 is 2.00 bits per heavy atom. The van der Waals surface area contributed by atoms with Gasteiger partial charge in [0.15, 0.2) is 0 Å². The van der Waals surface area contributed by atoms with Crippen molar-refractivity contribution in [3.05, 3.63) is 68.7 Å². The van der Waals surface area contributed by atoms with Gasteiger partial charge in [-0.15, -0.1) is 11.3 Å². The fourth-order valence-corrected chi connectivity index (χ4v) is 5.87. The lowest BCUT2D eigenvalue weighted by molar-refractivity contribution is -0.141. The first-order valence-corrected chi connectivity index (χ1v) is 12.1. The van der Waals surface area contributed by atoms with E-state index < -0.39 is 22.8 Å². The zero-order chi connectivity index (χ0) is 24.7. The molecule has 182 valence electrons. The van der Waals surface area contributed by atoms with Gasteiger partial charge in [0, 0.05) is 6.54 Å². The summed E-state index contributed by atoms with van der Waals surface area (Å²) >= 11 is 1.31. The molecule has 4 aromatic rings. The van der Waals surface area contributed by atoms with E-state index >= 15 is 0 Å². The Balaban J connectivity index is 1.71. The average Bonchev–Trinajstić information content (AvgIpc) is 3.26. The van der Waals surface area contributed by atoms with Crippen LogP contribution in [0.1, 0.15) is 30.4 Å². The Labute approximate surface area is 204 Å². The molecule has 1 fully saturated rings. The average molecular weight is 496 g/mol. The number of rotatable bonds is 8. The van der Waals surface area contributed by atoms with Crippen molar-refractivity contribution in [3.8, 4) is 16.5 Å². The second kappa shape index (κ2) is 8.84. The van der Waals surface area contributed by atoms with Crippen LogP contribution in [0.15, 0.2) is 50.7 Å². The molecule has 1 aromatic carbocycles. The number of aryl methyl sites for hydroxylation is 3. The summed E-state index contributed by atoms with van der Waals surface area (Å²) in [6.07, 6.45) is 4.64. The summed E-state index contributed by atoms with van der Waals surface area (Å²) in [5.74, 6) is 0.684. The van der Waals surface area contributed by atoms with Crippen molar-refractivity contribution in [3.63, 3.8) is 0 Å². The smallest absolute Gasteiger partial charge is 0.332 e. The molecule has 3 aromatic heterocycles. The number of methoxy groups -OCH3 is 2. The number of hydrogen-bond acceptors (Lipinski definition) is 8. The highest BCUT2D eigenvalue weighted by Gasteiger charge is 2.49. The number of ether oxygens (including phenoxy) is 2. The lowest BCUT2D eigenvalue weighted by Gasteiger charge is -2.19. The first-order valence-electron chi connectivity index (χ1n) is 11.3. The molecule has 9 nitrogen and oxygen atoms in total. The number of oxazole rings is 1. The predicted molar refractivity (Wildman–Crippen MR) is 131 cm³/mol. The van der Waals surface area contributed by atoms with Crippen LogP contribution in [0.2, 0.25) is 0 Å². The lowest BCUT2D eigenvalue weighted by Crippen LogP contribution is -2.46. The molecule has 1 aliphatic rings. The minimum absolute atomic E-state index is 0.0214. The number of benzene rings is 1. The van der Waals surface area contributed by atoms with E-state index in [2.05, 4.69) is 4.98 Å². The number of esters is 1. The Bertz CT molecular complexity index is 1530. The minimum atomic E-state index is -0.862. The van der Waals surface area contributed by atoms with E-state index in [0.717, 1.165) is 11.3 Å². The molecule has 1 saturated carbocycles. The molecule has 0 N–H and O–H groups in total. The quantitative estimate of drug-likeness (QED) is 0.345. The summed E-state index contributed by atoms with van der Waals surface area (Å²) < 4.78 is 18.7. The van der Waals surface area contributed by atoms with Crippen LogP contribution in [0.3, 0.4) is 0 Å². The van der Waals surface area contributed by atoms with E-state index in [1.807, 2.05) is 31.2 Å². The van der Waals surface area contributed by atoms with E-state index in [0.29, 0.717) is 52.4 Å². The summed E-state index contributed by atoms with van der Waals surface area (Å²) in [4.78, 5) is 45.3. The molecule has 0 amide bonds. The van der Waals surface area contributed by atoms with Gasteiger partial charge in [-0.2, -0.15) is 0 Å². The van der Waals surface area contributed by atoms with Crippen molar-refractivity contribution in [1.82, 2.24) is 14.1 Å². The maximum absolute atomic E-state index is 13.9. The molecule has 3 heterocycles. The molecule has 0 unspecified atom stereocenters. The van der Waals surface area contributed by atoms with Gasteiger partial charge in [0.2, 0.25) is 5.89 Å².